The van der Waals surface area contributed by atoms with Crippen LogP contribution in [0.2, 0.25) is 0 Å². The summed E-state index contributed by atoms with van der Waals surface area (Å²) in [6.07, 6.45) is 0. The maximum absolute atomic E-state index is 5.75. The molecular weight excluding hydrogens is 266 g/mol. The van der Waals surface area contributed by atoms with Crippen LogP contribution in [0.3, 0.4) is 0 Å². The fraction of sp³-hybridized carbons (Fsp3) is 0.143. The molecule has 0 heterocycles. The Morgan fingerprint density at radius 2 is 2.09 bits per heavy atom. The van der Waals surface area contributed by atoms with Gasteiger partial charge in [-0.05, 0) is 11.6 Å². The first-order valence-electron chi connectivity index (χ1n) is 3.00. The summed E-state index contributed by atoms with van der Waals surface area (Å²) in [6, 6.07) is 7.95. The predicted molar refractivity (Wildman–Crippen MR) is 57.3 cm³/mol. The smallest absolute Gasteiger partial charge is 0.0876 e. The maximum Gasteiger partial charge on any atom is 0.116 e. The number of benzene rings is 1. The lowest BCUT2D eigenvalue weighted by atomic mass is 10.2. The third-order valence-corrected chi connectivity index (χ3v) is 3.75. The molecule has 1 aromatic rings. The van der Waals surface area contributed by atoms with Crippen LogP contribution >= 0.6 is 45.0 Å². The van der Waals surface area contributed by atoms with Gasteiger partial charge in [0.2, 0.25) is 0 Å². The van der Waals surface area contributed by atoms with E-state index in [2.05, 4.69) is 15.9 Å². The maximum atomic E-state index is 5.75. The molecule has 0 aliphatic rings. The van der Waals surface area contributed by atoms with E-state index in [1.165, 1.54) is 5.56 Å². The van der Waals surface area contributed by atoms with E-state index in [4.69, 9.17) is 22.5 Å². The summed E-state index contributed by atoms with van der Waals surface area (Å²) in [6.45, 7) is -0.994. The minimum absolute atomic E-state index is 0.845. The second-order valence-electron chi connectivity index (χ2n) is 2.04. The van der Waals surface area contributed by atoms with Crippen LogP contribution in [0.5, 0.6) is 0 Å². The van der Waals surface area contributed by atoms with Gasteiger partial charge in [-0.25, -0.2) is 0 Å². The summed E-state index contributed by atoms with van der Waals surface area (Å²) >= 11 is 14.9. The number of alkyl halides is 1. The fourth-order valence-corrected chi connectivity index (χ4v) is 2.19. The van der Waals surface area contributed by atoms with Crippen molar-refractivity contribution < 1.29 is 0 Å². The van der Waals surface area contributed by atoms with Crippen LogP contribution in [0.15, 0.2) is 24.3 Å². The molecule has 0 aromatic heterocycles. The summed E-state index contributed by atoms with van der Waals surface area (Å²) < 4.78 is 0. The van der Waals surface area contributed by atoms with Crippen LogP contribution in [0, 0.1) is 0 Å². The van der Waals surface area contributed by atoms with Crippen molar-refractivity contribution in [2.45, 2.75) is 5.33 Å². The fourth-order valence-electron chi connectivity index (χ4n) is 0.745. The van der Waals surface area contributed by atoms with Crippen LogP contribution in [-0.4, -0.2) is 0 Å². The Kier molecular flexibility index (Phi) is 4.16. The molecule has 4 heteroatoms. The van der Waals surface area contributed by atoms with Gasteiger partial charge in [0.05, 0.1) is 0 Å². The Labute approximate surface area is 85.4 Å². The summed E-state index contributed by atoms with van der Waals surface area (Å²) in [7, 11) is 0. The van der Waals surface area contributed by atoms with E-state index < -0.39 is 6.63 Å². The summed E-state index contributed by atoms with van der Waals surface area (Å²) in [5.74, 6) is 0. The molecule has 1 rings (SSSR count). The van der Waals surface area contributed by atoms with Gasteiger partial charge in [0.1, 0.15) is 6.63 Å². The van der Waals surface area contributed by atoms with Crippen molar-refractivity contribution >= 4 is 50.3 Å². The standard InChI is InChI=1S/C7H6BrCl2P/c8-5-6-2-1-3-7(4-6)11(9)10/h1-4H,5H2. The molecule has 0 aliphatic heterocycles. The Morgan fingerprint density at radius 1 is 1.36 bits per heavy atom. The van der Waals surface area contributed by atoms with E-state index in [1.807, 2.05) is 24.3 Å². The van der Waals surface area contributed by atoms with Crippen molar-refractivity contribution in [2.24, 2.45) is 0 Å². The van der Waals surface area contributed by atoms with Crippen molar-refractivity contribution in [3.05, 3.63) is 29.8 Å². The van der Waals surface area contributed by atoms with Gasteiger partial charge in [0.25, 0.3) is 0 Å². The highest BCUT2D eigenvalue weighted by Gasteiger charge is 2.02. The zero-order valence-electron chi connectivity index (χ0n) is 5.60. The first-order chi connectivity index (χ1) is 5.24. The molecule has 0 atom stereocenters. The topological polar surface area (TPSA) is 0 Å². The predicted octanol–water partition coefficient (Wildman–Crippen LogP) is 4.00. The normalized spacial score (nSPS) is 10.5. The Morgan fingerprint density at radius 3 is 2.64 bits per heavy atom. The molecule has 0 saturated carbocycles. The monoisotopic (exact) mass is 270 g/mol. The lowest BCUT2D eigenvalue weighted by Crippen LogP contribution is -1.94. The molecule has 0 aliphatic carbocycles. The molecule has 0 amide bonds. The Hall–Kier alpha value is 0.710. The lowest BCUT2D eigenvalue weighted by molar-refractivity contribution is 1.46. The molecule has 0 N–H and O–H groups in total. The number of halogens is 3. The third kappa shape index (κ3) is 2.91. The highest BCUT2D eigenvalue weighted by atomic mass is 79.9. The largest absolute Gasteiger partial charge is 0.116 e. The van der Waals surface area contributed by atoms with Gasteiger partial charge in [0, 0.05) is 10.6 Å². The average Bonchev–Trinajstić information content (AvgIpc) is 2.05. The average molecular weight is 272 g/mol. The van der Waals surface area contributed by atoms with Gasteiger partial charge in [-0.15, -0.1) is 0 Å². The van der Waals surface area contributed by atoms with E-state index in [1.54, 1.807) is 0 Å². The van der Waals surface area contributed by atoms with Crippen molar-refractivity contribution in [2.75, 3.05) is 0 Å². The first kappa shape index (κ1) is 9.80. The second-order valence-corrected chi connectivity index (χ2v) is 6.13. The van der Waals surface area contributed by atoms with Gasteiger partial charge in [-0.1, -0.05) is 56.6 Å². The molecule has 0 radical (unpaired) electrons. The van der Waals surface area contributed by atoms with Crippen LogP contribution in [-0.2, 0) is 5.33 Å². The summed E-state index contributed by atoms with van der Waals surface area (Å²) in [5, 5.41) is 1.86. The van der Waals surface area contributed by atoms with Gasteiger partial charge in [-0.3, -0.25) is 0 Å². The summed E-state index contributed by atoms with van der Waals surface area (Å²) in [4.78, 5) is 0. The molecule has 60 valence electrons. The number of rotatable bonds is 2. The van der Waals surface area contributed by atoms with Crippen LogP contribution in [0.4, 0.5) is 0 Å². The van der Waals surface area contributed by atoms with Crippen molar-refractivity contribution in [1.82, 2.24) is 0 Å². The minimum Gasteiger partial charge on any atom is -0.0876 e. The van der Waals surface area contributed by atoms with E-state index in [0.717, 1.165) is 10.6 Å². The third-order valence-electron chi connectivity index (χ3n) is 1.26. The molecule has 0 saturated heterocycles. The van der Waals surface area contributed by atoms with Crippen LogP contribution < -0.4 is 5.30 Å². The molecule has 1 aromatic carbocycles. The number of hydrogen-bond donors (Lipinski definition) is 0. The molecule has 0 spiro atoms. The van der Waals surface area contributed by atoms with Crippen molar-refractivity contribution in [1.29, 1.82) is 0 Å². The quantitative estimate of drug-likeness (QED) is 0.564. The van der Waals surface area contributed by atoms with Crippen molar-refractivity contribution in [3.63, 3.8) is 0 Å². The SMILES string of the molecule is ClP(Cl)c1cccc(CBr)c1. The highest BCUT2D eigenvalue weighted by Crippen LogP contribution is 2.45. The molecular formula is C7H6BrCl2P. The minimum atomic E-state index is -0.994. The van der Waals surface area contributed by atoms with E-state index in [-0.39, 0.29) is 0 Å². The second kappa shape index (κ2) is 4.67. The Bertz CT molecular complexity index is 240. The van der Waals surface area contributed by atoms with Crippen molar-refractivity contribution in [3.8, 4) is 0 Å². The molecule has 11 heavy (non-hydrogen) atoms. The van der Waals surface area contributed by atoms with Gasteiger partial charge in [0.15, 0.2) is 0 Å². The lowest BCUT2D eigenvalue weighted by Gasteiger charge is -2.01. The molecule has 0 fully saturated rings. The van der Waals surface area contributed by atoms with Gasteiger partial charge < -0.3 is 0 Å². The van der Waals surface area contributed by atoms with E-state index in [9.17, 15) is 0 Å². The van der Waals surface area contributed by atoms with Gasteiger partial charge in [-0.2, -0.15) is 0 Å². The highest BCUT2D eigenvalue weighted by molar-refractivity contribution is 9.08. The van der Waals surface area contributed by atoms with E-state index in [0.29, 0.717) is 0 Å². The first-order valence-corrected chi connectivity index (χ1v) is 7.28. The molecule has 0 unspecified atom stereocenters. The summed E-state index contributed by atoms with van der Waals surface area (Å²) in [5.41, 5.74) is 1.20. The van der Waals surface area contributed by atoms with Crippen LogP contribution in [0.1, 0.15) is 5.56 Å². The van der Waals surface area contributed by atoms with Gasteiger partial charge >= 0.3 is 0 Å². The zero-order chi connectivity index (χ0) is 8.27. The molecule has 0 bridgehead atoms. The molecule has 0 nitrogen and oxygen atoms in total. The Balaban J connectivity index is 2.91. The van der Waals surface area contributed by atoms with E-state index >= 15 is 0 Å². The van der Waals surface area contributed by atoms with Crippen LogP contribution in [0.25, 0.3) is 0 Å². The zero-order valence-corrected chi connectivity index (χ0v) is 9.59. The number of hydrogen-bond acceptors (Lipinski definition) is 0.